The highest BCUT2D eigenvalue weighted by molar-refractivity contribution is 7.00. The van der Waals surface area contributed by atoms with Gasteiger partial charge in [0, 0.05) is 67.8 Å². The average Bonchev–Trinajstić information content (AvgIpc) is 4.01. The Bertz CT molecular complexity index is 4240. The summed E-state index contributed by atoms with van der Waals surface area (Å²) in [5.74, 6) is 10.2. The van der Waals surface area contributed by atoms with Crippen LogP contribution in [0.25, 0.3) is 61.0 Å². The number of para-hydroxylation sites is 3. The van der Waals surface area contributed by atoms with Crippen LogP contribution in [0.15, 0.2) is 158 Å². The van der Waals surface area contributed by atoms with Gasteiger partial charge < -0.3 is 33.0 Å². The van der Waals surface area contributed by atoms with Crippen LogP contribution in [-0.2, 0) is 0 Å². The van der Waals surface area contributed by atoms with E-state index >= 15 is 0 Å². The van der Waals surface area contributed by atoms with Crippen molar-refractivity contribution in [2.75, 3.05) is 0 Å². The van der Waals surface area contributed by atoms with Crippen molar-refractivity contribution in [3.63, 3.8) is 0 Å². The lowest BCUT2D eigenvalue weighted by atomic mass is 9.34. The Morgan fingerprint density at radius 1 is 0.328 bits per heavy atom. The summed E-state index contributed by atoms with van der Waals surface area (Å²) in [4.78, 5) is 5.69. The van der Waals surface area contributed by atoms with E-state index in [4.69, 9.17) is 33.4 Å². The zero-order valence-electron chi connectivity index (χ0n) is 34.9. The van der Waals surface area contributed by atoms with Gasteiger partial charge >= 0.3 is 0 Å². The molecule has 0 spiro atoms. The van der Waals surface area contributed by atoms with E-state index in [-0.39, 0.29) is 13.4 Å². The molecule has 9 aromatic carbocycles. The van der Waals surface area contributed by atoms with E-state index in [1.807, 2.05) is 72.8 Å². The molecule has 18 rings (SSSR count). The third-order valence-corrected chi connectivity index (χ3v) is 14.9. The summed E-state index contributed by atoms with van der Waals surface area (Å²) in [6.45, 7) is -0.159. The largest absolute Gasteiger partial charge is 0.458 e. The van der Waals surface area contributed by atoms with E-state index < -0.39 is 0 Å². The molecule has 9 heterocycles. The number of rotatable bonds is 2. The minimum absolute atomic E-state index is 0.0789. The number of imidazole rings is 2. The van der Waals surface area contributed by atoms with E-state index in [0.29, 0.717) is 0 Å². The predicted molar refractivity (Wildman–Crippen MR) is 259 cm³/mol. The van der Waals surface area contributed by atoms with Gasteiger partial charge in [-0.15, -0.1) is 0 Å². The van der Waals surface area contributed by atoms with Crippen LogP contribution in [-0.4, -0.2) is 31.9 Å². The van der Waals surface area contributed by atoms with Gasteiger partial charge in [0.05, 0.1) is 39.0 Å². The molecule has 0 bridgehead atoms. The summed E-state index contributed by atoms with van der Waals surface area (Å²) in [7, 11) is 0. The molecule has 0 unspecified atom stereocenters. The quantitative estimate of drug-likeness (QED) is 0.161. The van der Waals surface area contributed by atoms with Crippen molar-refractivity contribution in [3.05, 3.63) is 158 Å². The Morgan fingerprint density at radius 3 is 1.22 bits per heavy atom. The predicted octanol–water partition coefficient (Wildman–Crippen LogP) is 9.20. The van der Waals surface area contributed by atoms with Crippen LogP contribution < -0.4 is 61.2 Å². The maximum atomic E-state index is 6.84. The van der Waals surface area contributed by atoms with Crippen LogP contribution in [0.4, 0.5) is 0 Å². The topological polar surface area (TPSA) is 82.5 Å². The summed E-state index contributed by atoms with van der Waals surface area (Å²) in [6.07, 6.45) is 0. The van der Waals surface area contributed by atoms with E-state index in [1.165, 1.54) is 0 Å². The van der Waals surface area contributed by atoms with Gasteiger partial charge in [-0.25, -0.2) is 4.98 Å². The van der Waals surface area contributed by atoms with Gasteiger partial charge in [-0.05, 0) is 78.9 Å². The van der Waals surface area contributed by atoms with Crippen LogP contribution in [0.1, 0.15) is 0 Å². The number of aromatic nitrogens is 4. The fourth-order valence-corrected chi connectivity index (χ4v) is 12.3. The molecule has 6 aliphatic heterocycles. The SMILES string of the molecule is c1cc2c3c(c1)Oc1cc(-n4c5ccccc5c5ccc6c(nc7n(-c8cc9c%10c(c8)Oc8cccc%11c8B%10c8c(cccc8O9)O%11)c8ccccc8n67)c54)cc4c1B3c1c(cccc1O4)O2. The van der Waals surface area contributed by atoms with Crippen molar-refractivity contribution < 1.29 is 28.4 Å². The third-order valence-electron chi connectivity index (χ3n) is 14.9. The molecule has 0 N–H and O–H groups in total. The molecule has 3 aromatic heterocycles. The van der Waals surface area contributed by atoms with Gasteiger partial charge in [-0.1, -0.05) is 54.6 Å². The van der Waals surface area contributed by atoms with Crippen LogP contribution in [0.5, 0.6) is 69.0 Å². The molecular weight excluding hydrogens is 834 g/mol. The Hall–Kier alpha value is -9.02. The molecule has 0 fully saturated rings. The second-order valence-corrected chi connectivity index (χ2v) is 18.1. The minimum atomic E-state index is -0.0802. The fourth-order valence-electron chi connectivity index (χ4n) is 12.3. The van der Waals surface area contributed by atoms with E-state index in [2.05, 4.69) is 98.5 Å². The maximum absolute atomic E-state index is 6.84. The van der Waals surface area contributed by atoms with Crippen molar-refractivity contribution in [2.45, 2.75) is 0 Å². The van der Waals surface area contributed by atoms with Gasteiger partial charge in [0.25, 0.3) is 13.4 Å². The zero-order chi connectivity index (χ0) is 43.0. The van der Waals surface area contributed by atoms with Crippen LogP contribution in [0.3, 0.4) is 0 Å². The van der Waals surface area contributed by atoms with Gasteiger partial charge in [0.1, 0.15) is 74.5 Å². The van der Waals surface area contributed by atoms with Crippen molar-refractivity contribution in [1.29, 1.82) is 0 Å². The van der Waals surface area contributed by atoms with Crippen molar-refractivity contribution in [3.8, 4) is 80.4 Å². The summed E-state index contributed by atoms with van der Waals surface area (Å²) >= 11 is 0. The van der Waals surface area contributed by atoms with Crippen molar-refractivity contribution in [2.24, 2.45) is 0 Å². The number of hydrogen-bond acceptors (Lipinski definition) is 7. The zero-order valence-corrected chi connectivity index (χ0v) is 34.9. The number of ether oxygens (including phenoxy) is 6. The molecule has 0 radical (unpaired) electrons. The Kier molecular flexibility index (Phi) is 5.62. The lowest BCUT2D eigenvalue weighted by Gasteiger charge is -2.37. The lowest BCUT2D eigenvalue weighted by molar-refractivity contribution is 0.442. The first kappa shape index (κ1) is 33.5. The summed E-state index contributed by atoms with van der Waals surface area (Å²) in [5.41, 5.74) is 13.8. The first-order valence-corrected chi connectivity index (χ1v) is 22.5. The summed E-state index contributed by atoms with van der Waals surface area (Å²) in [5, 5.41) is 2.21. The standard InChI is InChI=1S/C55H26B2N4O6/c1-2-10-31-29(9-1)30-21-22-34-53(54(30)59(31)27-23-43-51-44(24-27)65-40-18-6-14-36-48(40)56(51)47-35(62-36)13-5-17-39(47)64-43)58-55-60(32-11-3-4-12-33(32)61(34)55)28-25-45-52-46(26-28)67-42-20-8-16-38-50(42)57(52)49-37(63-38)15-7-19-41(49)66-45/h1-26H. The van der Waals surface area contributed by atoms with Gasteiger partial charge in [0.2, 0.25) is 5.78 Å². The molecule has 12 aromatic rings. The smallest absolute Gasteiger partial charge is 0.270 e. The van der Waals surface area contributed by atoms with Crippen molar-refractivity contribution in [1.82, 2.24) is 18.5 Å². The normalized spacial score (nSPS) is 14.3. The van der Waals surface area contributed by atoms with Crippen LogP contribution in [0.2, 0.25) is 0 Å². The molecule has 12 heteroatoms. The first-order valence-electron chi connectivity index (χ1n) is 22.5. The van der Waals surface area contributed by atoms with Gasteiger partial charge in [-0.2, -0.15) is 0 Å². The van der Waals surface area contributed by atoms with Gasteiger partial charge in [0.15, 0.2) is 0 Å². The molecule has 67 heavy (non-hydrogen) atoms. The fraction of sp³-hybridized carbons (Fsp3) is 0. The van der Waals surface area contributed by atoms with Gasteiger partial charge in [-0.3, -0.25) is 8.97 Å². The molecule has 6 aliphatic rings. The van der Waals surface area contributed by atoms with E-state index in [9.17, 15) is 0 Å². The Morgan fingerprint density at radius 2 is 0.731 bits per heavy atom. The molecule has 0 saturated heterocycles. The number of benzene rings is 9. The second-order valence-electron chi connectivity index (χ2n) is 18.1. The highest BCUT2D eigenvalue weighted by atomic mass is 16.5. The van der Waals surface area contributed by atoms with E-state index in [0.717, 1.165) is 163 Å². The highest BCUT2D eigenvalue weighted by Gasteiger charge is 2.48. The molecule has 0 amide bonds. The molecule has 10 nitrogen and oxygen atoms in total. The summed E-state index contributed by atoms with van der Waals surface area (Å²) in [6, 6.07) is 54.3. The van der Waals surface area contributed by atoms with Crippen molar-refractivity contribution >= 4 is 95.9 Å². The Balaban J connectivity index is 0.893. The molecule has 0 aliphatic carbocycles. The van der Waals surface area contributed by atoms with Crippen LogP contribution in [0, 0.1) is 0 Å². The molecule has 0 atom stereocenters. The molecule has 0 saturated carbocycles. The number of hydrogen-bond donors (Lipinski definition) is 0. The average molecular weight is 860 g/mol. The highest BCUT2D eigenvalue weighted by Crippen LogP contribution is 2.47. The first-order chi connectivity index (χ1) is 33.2. The van der Waals surface area contributed by atoms with E-state index in [1.54, 1.807) is 0 Å². The molecular formula is C55H26B2N4O6. The minimum Gasteiger partial charge on any atom is -0.458 e. The Labute approximate surface area is 379 Å². The lowest BCUT2D eigenvalue weighted by Crippen LogP contribution is -2.59. The summed E-state index contributed by atoms with van der Waals surface area (Å²) < 4.78 is 47.0. The number of nitrogens with zero attached hydrogens (tertiary/aromatic N) is 4. The molecule has 308 valence electrons. The number of fused-ring (bicyclic) bond motifs is 9. The second kappa shape index (κ2) is 11.3. The van der Waals surface area contributed by atoms with Crippen LogP contribution >= 0.6 is 0 Å². The third kappa shape index (κ3) is 3.91. The maximum Gasteiger partial charge on any atom is 0.270 e. The monoisotopic (exact) mass is 860 g/mol.